The molecule has 13 heavy (non-hydrogen) atoms. The number of aromatic nitrogens is 1. The second kappa shape index (κ2) is 4.42. The molecule has 0 saturated carbocycles. The third kappa shape index (κ3) is 2.72. The molecule has 0 unspecified atom stereocenters. The van der Waals surface area contributed by atoms with Gasteiger partial charge in [-0.2, -0.15) is 0 Å². The van der Waals surface area contributed by atoms with Crippen molar-refractivity contribution in [3.8, 4) is 11.8 Å². The van der Waals surface area contributed by atoms with Crippen molar-refractivity contribution in [3.05, 3.63) is 29.6 Å². The molecule has 0 aliphatic rings. The van der Waals surface area contributed by atoms with E-state index in [0.717, 1.165) is 5.56 Å². The number of pyridine rings is 1. The van der Waals surface area contributed by atoms with E-state index in [4.69, 9.17) is 0 Å². The van der Waals surface area contributed by atoms with Crippen molar-refractivity contribution in [1.29, 1.82) is 0 Å². The Morgan fingerprint density at radius 2 is 2.31 bits per heavy atom. The fourth-order valence-corrected chi connectivity index (χ4v) is 0.978. The van der Waals surface area contributed by atoms with Crippen LogP contribution in [0, 0.1) is 18.8 Å². The van der Waals surface area contributed by atoms with Crippen LogP contribution in [0.5, 0.6) is 0 Å². The van der Waals surface area contributed by atoms with Gasteiger partial charge in [-0.05, 0) is 25.5 Å². The van der Waals surface area contributed by atoms with Gasteiger partial charge in [0.15, 0.2) is 5.78 Å². The summed E-state index contributed by atoms with van der Waals surface area (Å²) in [7, 11) is 0. The van der Waals surface area contributed by atoms with Crippen molar-refractivity contribution in [2.24, 2.45) is 0 Å². The monoisotopic (exact) mass is 173 g/mol. The molecule has 66 valence electrons. The van der Waals surface area contributed by atoms with E-state index in [9.17, 15) is 4.79 Å². The SMILES string of the molecule is CC#CCC(=O)c1cncc(C)c1. The van der Waals surface area contributed by atoms with Crippen LogP contribution in [0.4, 0.5) is 0 Å². The number of ketones is 1. The summed E-state index contributed by atoms with van der Waals surface area (Å²) in [6.45, 7) is 3.64. The molecule has 1 rings (SSSR count). The summed E-state index contributed by atoms with van der Waals surface area (Å²) in [5.41, 5.74) is 1.64. The standard InChI is InChI=1S/C11H11NO/c1-3-4-5-11(13)10-6-9(2)7-12-8-10/h6-8H,5H2,1-2H3. The molecule has 0 bridgehead atoms. The summed E-state index contributed by atoms with van der Waals surface area (Å²) in [5.74, 6) is 5.46. The highest BCUT2D eigenvalue weighted by Gasteiger charge is 2.03. The van der Waals surface area contributed by atoms with Gasteiger partial charge in [0, 0.05) is 18.0 Å². The summed E-state index contributed by atoms with van der Waals surface area (Å²) >= 11 is 0. The molecule has 0 aliphatic heterocycles. The van der Waals surface area contributed by atoms with Crippen LogP contribution in [-0.4, -0.2) is 10.8 Å². The van der Waals surface area contributed by atoms with Gasteiger partial charge in [0.25, 0.3) is 0 Å². The summed E-state index contributed by atoms with van der Waals surface area (Å²) in [6.07, 6.45) is 3.58. The van der Waals surface area contributed by atoms with Crippen molar-refractivity contribution in [1.82, 2.24) is 4.98 Å². The van der Waals surface area contributed by atoms with Crippen LogP contribution in [-0.2, 0) is 0 Å². The van der Waals surface area contributed by atoms with Gasteiger partial charge in [-0.25, -0.2) is 0 Å². The van der Waals surface area contributed by atoms with Crippen LogP contribution in [0.15, 0.2) is 18.5 Å². The zero-order valence-corrected chi connectivity index (χ0v) is 7.79. The van der Waals surface area contributed by atoms with Gasteiger partial charge in [-0.3, -0.25) is 9.78 Å². The van der Waals surface area contributed by atoms with Gasteiger partial charge < -0.3 is 0 Å². The average Bonchev–Trinajstić information content (AvgIpc) is 2.14. The van der Waals surface area contributed by atoms with Crippen molar-refractivity contribution in [2.45, 2.75) is 20.3 Å². The number of carbonyl (C=O) groups is 1. The molecule has 0 fully saturated rings. The number of carbonyl (C=O) groups excluding carboxylic acids is 1. The quantitative estimate of drug-likeness (QED) is 0.505. The lowest BCUT2D eigenvalue weighted by Crippen LogP contribution is -1.98. The fraction of sp³-hybridized carbons (Fsp3) is 0.273. The Bertz CT molecular complexity index is 371. The summed E-state index contributed by atoms with van der Waals surface area (Å²) < 4.78 is 0. The van der Waals surface area contributed by atoms with E-state index >= 15 is 0 Å². The molecule has 1 aromatic heterocycles. The van der Waals surface area contributed by atoms with E-state index in [0.29, 0.717) is 5.56 Å². The highest BCUT2D eigenvalue weighted by molar-refractivity contribution is 5.97. The maximum atomic E-state index is 11.4. The number of hydrogen-bond acceptors (Lipinski definition) is 2. The van der Waals surface area contributed by atoms with Crippen molar-refractivity contribution in [2.75, 3.05) is 0 Å². The Hall–Kier alpha value is -1.62. The molecule has 2 nitrogen and oxygen atoms in total. The smallest absolute Gasteiger partial charge is 0.176 e. The molecule has 0 aliphatic carbocycles. The maximum Gasteiger partial charge on any atom is 0.176 e. The molecule has 0 atom stereocenters. The topological polar surface area (TPSA) is 30.0 Å². The molecule has 1 heterocycles. The van der Waals surface area contributed by atoms with Crippen LogP contribution in [0.2, 0.25) is 0 Å². The Morgan fingerprint density at radius 1 is 1.54 bits per heavy atom. The first-order valence-electron chi connectivity index (χ1n) is 4.08. The van der Waals surface area contributed by atoms with Crippen LogP contribution >= 0.6 is 0 Å². The largest absolute Gasteiger partial charge is 0.293 e. The zero-order chi connectivity index (χ0) is 9.68. The second-order valence-corrected chi connectivity index (χ2v) is 2.78. The summed E-state index contributed by atoms with van der Waals surface area (Å²) in [5, 5.41) is 0. The second-order valence-electron chi connectivity index (χ2n) is 2.78. The summed E-state index contributed by atoms with van der Waals surface area (Å²) in [6, 6.07) is 1.83. The first-order valence-corrected chi connectivity index (χ1v) is 4.08. The molecule has 2 heteroatoms. The van der Waals surface area contributed by atoms with Gasteiger partial charge in [0.1, 0.15) is 0 Å². The van der Waals surface area contributed by atoms with Crippen molar-refractivity contribution in [3.63, 3.8) is 0 Å². The lowest BCUT2D eigenvalue weighted by Gasteiger charge is -1.96. The minimum atomic E-state index is 0.0329. The lowest BCUT2D eigenvalue weighted by molar-refractivity contribution is 0.0997. The minimum absolute atomic E-state index is 0.0329. The normalized spacial score (nSPS) is 8.77. The van der Waals surface area contributed by atoms with Gasteiger partial charge in [-0.1, -0.05) is 5.92 Å². The first kappa shape index (κ1) is 9.47. The van der Waals surface area contributed by atoms with Crippen LogP contribution in [0.25, 0.3) is 0 Å². The Kier molecular flexibility index (Phi) is 3.22. The molecule has 0 N–H and O–H groups in total. The molecule has 0 radical (unpaired) electrons. The number of aryl methyl sites for hydroxylation is 1. The number of Topliss-reactive ketones (excluding diaryl/α,β-unsaturated/α-hetero) is 1. The van der Waals surface area contributed by atoms with E-state index in [2.05, 4.69) is 16.8 Å². The summed E-state index contributed by atoms with van der Waals surface area (Å²) in [4.78, 5) is 15.4. The van der Waals surface area contributed by atoms with Crippen LogP contribution < -0.4 is 0 Å². The predicted molar refractivity (Wildman–Crippen MR) is 51.4 cm³/mol. The third-order valence-electron chi connectivity index (χ3n) is 1.62. The molecular weight excluding hydrogens is 162 g/mol. The fourth-order valence-electron chi connectivity index (χ4n) is 0.978. The molecule has 0 saturated heterocycles. The molecular formula is C11H11NO. The van der Waals surface area contributed by atoms with Gasteiger partial charge in [0.05, 0.1) is 6.42 Å². The molecule has 0 amide bonds. The maximum absolute atomic E-state index is 11.4. The van der Waals surface area contributed by atoms with Crippen molar-refractivity contribution < 1.29 is 4.79 Å². The van der Waals surface area contributed by atoms with Gasteiger partial charge in [-0.15, -0.1) is 5.92 Å². The lowest BCUT2D eigenvalue weighted by atomic mass is 10.1. The van der Waals surface area contributed by atoms with E-state index in [1.807, 2.05) is 13.0 Å². The van der Waals surface area contributed by atoms with Crippen LogP contribution in [0.3, 0.4) is 0 Å². The van der Waals surface area contributed by atoms with E-state index in [-0.39, 0.29) is 12.2 Å². The highest BCUT2D eigenvalue weighted by Crippen LogP contribution is 2.03. The third-order valence-corrected chi connectivity index (χ3v) is 1.62. The Balaban J connectivity index is 2.81. The van der Waals surface area contributed by atoms with Gasteiger partial charge in [0.2, 0.25) is 0 Å². The molecule has 0 spiro atoms. The predicted octanol–water partition coefficient (Wildman–Crippen LogP) is 1.99. The average molecular weight is 173 g/mol. The minimum Gasteiger partial charge on any atom is -0.293 e. The Labute approximate surface area is 78.0 Å². The van der Waals surface area contributed by atoms with E-state index < -0.39 is 0 Å². The number of hydrogen-bond donors (Lipinski definition) is 0. The first-order chi connectivity index (χ1) is 6.24. The molecule has 0 aromatic carbocycles. The number of nitrogens with zero attached hydrogens (tertiary/aromatic N) is 1. The van der Waals surface area contributed by atoms with E-state index in [1.165, 1.54) is 0 Å². The van der Waals surface area contributed by atoms with Gasteiger partial charge >= 0.3 is 0 Å². The van der Waals surface area contributed by atoms with Crippen LogP contribution in [0.1, 0.15) is 29.3 Å². The molecule has 1 aromatic rings. The van der Waals surface area contributed by atoms with Crippen molar-refractivity contribution >= 4 is 5.78 Å². The zero-order valence-electron chi connectivity index (χ0n) is 7.79. The number of rotatable bonds is 2. The van der Waals surface area contributed by atoms with E-state index in [1.54, 1.807) is 19.3 Å². The highest BCUT2D eigenvalue weighted by atomic mass is 16.1. The Morgan fingerprint density at radius 3 is 2.92 bits per heavy atom.